The summed E-state index contributed by atoms with van der Waals surface area (Å²) in [6.07, 6.45) is 0.361. The van der Waals surface area contributed by atoms with Crippen LogP contribution in [0.1, 0.15) is 35.3 Å². The van der Waals surface area contributed by atoms with Crippen LogP contribution in [0, 0.1) is 0 Å². The van der Waals surface area contributed by atoms with Gasteiger partial charge in [-0.15, -0.1) is 0 Å². The largest absolute Gasteiger partial charge is 0.388 e. The highest BCUT2D eigenvalue weighted by Crippen LogP contribution is 2.29. The van der Waals surface area contributed by atoms with Crippen molar-refractivity contribution in [2.75, 3.05) is 32.7 Å². The molecule has 0 amide bonds. The summed E-state index contributed by atoms with van der Waals surface area (Å²) in [6.45, 7) is 5.05. The molecule has 0 bridgehead atoms. The van der Waals surface area contributed by atoms with Gasteiger partial charge in [-0.1, -0.05) is 88.7 Å². The van der Waals surface area contributed by atoms with E-state index in [9.17, 15) is 5.11 Å². The first-order valence-corrected chi connectivity index (χ1v) is 11.5. The highest BCUT2D eigenvalue weighted by Gasteiger charge is 2.26. The van der Waals surface area contributed by atoms with Gasteiger partial charge in [0.05, 0.1) is 12.1 Å². The molecule has 1 atom stereocenters. The second kappa shape index (κ2) is 10.4. The molecule has 0 saturated carbocycles. The average molecular weight is 465 g/mol. The van der Waals surface area contributed by atoms with Crippen LogP contribution in [0.15, 0.2) is 89.4 Å². The third-order valence-corrected chi connectivity index (χ3v) is 6.50. The molecule has 1 aliphatic heterocycles. The molecular weight excluding hydrogens is 436 g/mol. The number of nitrogens with zero attached hydrogens (tertiary/aromatic N) is 2. The lowest BCUT2D eigenvalue weighted by molar-refractivity contribution is 0.0886. The topological polar surface area (TPSA) is 26.7 Å². The SMILES string of the molecule is OC(CCN1CCN(C(c2ccccc2)c2ccccc2)CC1)c1ccc(Br)cc1. The van der Waals surface area contributed by atoms with Crippen LogP contribution in [-0.4, -0.2) is 47.6 Å². The first kappa shape index (κ1) is 21.3. The van der Waals surface area contributed by atoms with E-state index < -0.39 is 6.10 Å². The van der Waals surface area contributed by atoms with Crippen LogP contribution in [0.25, 0.3) is 0 Å². The van der Waals surface area contributed by atoms with E-state index in [-0.39, 0.29) is 0 Å². The first-order chi connectivity index (χ1) is 14.7. The molecule has 3 aromatic carbocycles. The Morgan fingerprint density at radius 1 is 0.700 bits per heavy atom. The van der Waals surface area contributed by atoms with Gasteiger partial charge in [0, 0.05) is 37.2 Å². The van der Waals surface area contributed by atoms with Crippen molar-refractivity contribution in [2.45, 2.75) is 18.6 Å². The molecule has 3 aromatic rings. The van der Waals surface area contributed by atoms with Gasteiger partial charge in [-0.3, -0.25) is 4.90 Å². The number of halogens is 1. The van der Waals surface area contributed by atoms with Crippen LogP contribution >= 0.6 is 15.9 Å². The fourth-order valence-electron chi connectivity index (χ4n) is 4.29. The molecule has 4 rings (SSSR count). The fraction of sp³-hybridized carbons (Fsp3) is 0.308. The van der Waals surface area contributed by atoms with Crippen molar-refractivity contribution < 1.29 is 5.11 Å². The maximum atomic E-state index is 10.5. The summed E-state index contributed by atoms with van der Waals surface area (Å²) in [5.41, 5.74) is 3.69. The van der Waals surface area contributed by atoms with Crippen LogP contribution in [-0.2, 0) is 0 Å². The number of aliphatic hydroxyl groups excluding tert-OH is 1. The maximum Gasteiger partial charge on any atom is 0.0802 e. The summed E-state index contributed by atoms with van der Waals surface area (Å²) < 4.78 is 1.04. The lowest BCUT2D eigenvalue weighted by Gasteiger charge is -2.40. The summed E-state index contributed by atoms with van der Waals surface area (Å²) >= 11 is 3.45. The molecule has 0 aliphatic carbocycles. The Balaban J connectivity index is 1.36. The van der Waals surface area contributed by atoms with E-state index >= 15 is 0 Å². The number of rotatable bonds is 7. The molecule has 3 nitrogen and oxygen atoms in total. The van der Waals surface area contributed by atoms with Gasteiger partial charge >= 0.3 is 0 Å². The van der Waals surface area contributed by atoms with E-state index in [1.54, 1.807) is 0 Å². The fourth-order valence-corrected chi connectivity index (χ4v) is 4.55. The number of hydrogen-bond acceptors (Lipinski definition) is 3. The predicted molar refractivity (Wildman–Crippen MR) is 126 cm³/mol. The zero-order valence-corrected chi connectivity index (χ0v) is 18.8. The van der Waals surface area contributed by atoms with E-state index in [1.807, 2.05) is 24.3 Å². The molecule has 156 valence electrons. The summed E-state index contributed by atoms with van der Waals surface area (Å²) in [5.74, 6) is 0. The van der Waals surface area contributed by atoms with Crippen LogP contribution in [0.5, 0.6) is 0 Å². The smallest absolute Gasteiger partial charge is 0.0802 e. The Bertz CT molecular complexity index is 854. The van der Waals surface area contributed by atoms with Gasteiger partial charge in [0.15, 0.2) is 0 Å². The van der Waals surface area contributed by atoms with Crippen molar-refractivity contribution in [2.24, 2.45) is 0 Å². The Morgan fingerprint density at radius 2 is 1.23 bits per heavy atom. The van der Waals surface area contributed by atoms with E-state index in [0.29, 0.717) is 6.04 Å². The molecule has 1 fully saturated rings. The van der Waals surface area contributed by atoms with Crippen molar-refractivity contribution in [3.8, 4) is 0 Å². The molecule has 0 spiro atoms. The second-order valence-corrected chi connectivity index (χ2v) is 8.87. The molecule has 30 heavy (non-hydrogen) atoms. The van der Waals surface area contributed by atoms with E-state index in [1.165, 1.54) is 11.1 Å². The van der Waals surface area contributed by atoms with Crippen molar-refractivity contribution >= 4 is 15.9 Å². The second-order valence-electron chi connectivity index (χ2n) is 7.96. The van der Waals surface area contributed by atoms with Crippen molar-refractivity contribution in [1.82, 2.24) is 9.80 Å². The minimum atomic E-state index is -0.405. The van der Waals surface area contributed by atoms with Gasteiger partial charge in [0.25, 0.3) is 0 Å². The van der Waals surface area contributed by atoms with Gasteiger partial charge in [0.1, 0.15) is 0 Å². The third kappa shape index (κ3) is 5.38. The van der Waals surface area contributed by atoms with Gasteiger partial charge in [-0.25, -0.2) is 0 Å². The highest BCUT2D eigenvalue weighted by atomic mass is 79.9. The highest BCUT2D eigenvalue weighted by molar-refractivity contribution is 9.10. The summed E-state index contributed by atoms with van der Waals surface area (Å²) in [6, 6.07) is 29.9. The van der Waals surface area contributed by atoms with E-state index in [2.05, 4.69) is 86.4 Å². The molecule has 1 unspecified atom stereocenters. The number of hydrogen-bond donors (Lipinski definition) is 1. The normalized spacial score (nSPS) is 16.6. The van der Waals surface area contributed by atoms with E-state index in [4.69, 9.17) is 0 Å². The van der Waals surface area contributed by atoms with Crippen LogP contribution in [0.4, 0.5) is 0 Å². The van der Waals surface area contributed by atoms with Gasteiger partial charge in [-0.05, 0) is 35.2 Å². The summed E-state index contributed by atoms with van der Waals surface area (Å²) in [4.78, 5) is 5.07. The Morgan fingerprint density at radius 3 is 1.77 bits per heavy atom. The lowest BCUT2D eigenvalue weighted by Crippen LogP contribution is -2.48. The third-order valence-electron chi connectivity index (χ3n) is 5.98. The Hall–Kier alpha value is -1.98. The van der Waals surface area contributed by atoms with E-state index in [0.717, 1.165) is 49.2 Å². The van der Waals surface area contributed by atoms with Crippen molar-refractivity contribution in [3.05, 3.63) is 106 Å². The monoisotopic (exact) mass is 464 g/mol. The number of benzene rings is 3. The van der Waals surface area contributed by atoms with Gasteiger partial charge < -0.3 is 10.0 Å². The molecule has 1 N–H and O–H groups in total. The minimum absolute atomic E-state index is 0.294. The standard InChI is InChI=1S/C26H29BrN2O/c27-24-13-11-21(12-14-24)25(30)15-16-28-17-19-29(20-18-28)26(22-7-3-1-4-8-22)23-9-5-2-6-10-23/h1-14,25-26,30H,15-20H2. The lowest BCUT2D eigenvalue weighted by atomic mass is 9.96. The zero-order valence-electron chi connectivity index (χ0n) is 17.2. The van der Waals surface area contributed by atoms with Crippen LogP contribution < -0.4 is 0 Å². The number of piperazine rings is 1. The van der Waals surface area contributed by atoms with Crippen molar-refractivity contribution in [1.29, 1.82) is 0 Å². The Kier molecular flexibility index (Phi) is 7.34. The maximum absolute atomic E-state index is 10.5. The summed E-state index contributed by atoms with van der Waals surface area (Å²) in [7, 11) is 0. The summed E-state index contributed by atoms with van der Waals surface area (Å²) in [5, 5.41) is 10.5. The van der Waals surface area contributed by atoms with Crippen LogP contribution in [0.3, 0.4) is 0 Å². The molecular formula is C26H29BrN2O. The first-order valence-electron chi connectivity index (χ1n) is 10.7. The van der Waals surface area contributed by atoms with Crippen molar-refractivity contribution in [3.63, 3.8) is 0 Å². The number of aliphatic hydroxyl groups is 1. The molecule has 1 aliphatic rings. The molecule has 1 heterocycles. The molecule has 1 saturated heterocycles. The molecule has 4 heteroatoms. The van der Waals surface area contributed by atoms with Gasteiger partial charge in [-0.2, -0.15) is 0 Å². The predicted octanol–water partition coefficient (Wildman–Crippen LogP) is 5.28. The average Bonchev–Trinajstić information content (AvgIpc) is 2.80. The van der Waals surface area contributed by atoms with Crippen LogP contribution in [0.2, 0.25) is 0 Å². The molecule has 0 radical (unpaired) electrons. The zero-order chi connectivity index (χ0) is 20.8. The Labute approximate surface area is 188 Å². The van der Waals surface area contributed by atoms with Gasteiger partial charge in [0.2, 0.25) is 0 Å². The molecule has 0 aromatic heterocycles. The quantitative estimate of drug-likeness (QED) is 0.515. The minimum Gasteiger partial charge on any atom is -0.388 e.